The number of nitrogens with one attached hydrogen (secondary N) is 1. The van der Waals surface area contributed by atoms with Crippen molar-refractivity contribution in [2.24, 2.45) is 0 Å². The molecule has 0 aliphatic carbocycles. The van der Waals surface area contributed by atoms with E-state index in [4.69, 9.17) is 0 Å². The second-order valence-corrected chi connectivity index (χ2v) is 12.0. The van der Waals surface area contributed by atoms with Crippen LogP contribution in [0.5, 0.6) is 0 Å². The minimum Gasteiger partial charge on any atom is -0.337 e. The Morgan fingerprint density at radius 1 is 1.03 bits per heavy atom. The zero-order valence-electron chi connectivity index (χ0n) is 20.9. The van der Waals surface area contributed by atoms with E-state index in [9.17, 15) is 18.0 Å². The number of piperidine rings is 1. The van der Waals surface area contributed by atoms with Gasteiger partial charge in [0.25, 0.3) is 0 Å². The summed E-state index contributed by atoms with van der Waals surface area (Å²) in [6.07, 6.45) is 5.48. The lowest BCUT2D eigenvalue weighted by atomic mass is 10.1. The number of hydrogen-bond donors (Lipinski definition) is 1. The summed E-state index contributed by atoms with van der Waals surface area (Å²) in [6, 6.07) is 7.77. The predicted molar refractivity (Wildman–Crippen MR) is 137 cm³/mol. The summed E-state index contributed by atoms with van der Waals surface area (Å²) in [5, 5.41) is 0.722. The van der Waals surface area contributed by atoms with Crippen molar-refractivity contribution < 1.29 is 18.0 Å². The largest absolute Gasteiger partial charge is 0.337 e. The molecule has 194 valence electrons. The van der Waals surface area contributed by atoms with E-state index in [1.54, 1.807) is 12.1 Å². The van der Waals surface area contributed by atoms with E-state index in [1.807, 2.05) is 24.0 Å². The number of likely N-dealkylation sites (tertiary alicyclic amines) is 3. The Balaban J connectivity index is 1.23. The van der Waals surface area contributed by atoms with Crippen molar-refractivity contribution in [2.45, 2.75) is 62.4 Å². The minimum absolute atomic E-state index is 0.00849. The van der Waals surface area contributed by atoms with Gasteiger partial charge in [-0.15, -0.1) is 0 Å². The number of sulfonamides is 1. The highest BCUT2D eigenvalue weighted by atomic mass is 32.2. The van der Waals surface area contributed by atoms with E-state index in [1.165, 1.54) is 23.8 Å². The number of nitrogens with zero attached hydrogens (tertiary/aromatic N) is 4. The molecule has 3 fully saturated rings. The van der Waals surface area contributed by atoms with Gasteiger partial charge in [0.15, 0.2) is 0 Å². The van der Waals surface area contributed by atoms with Gasteiger partial charge in [-0.3, -0.25) is 14.6 Å². The molecule has 0 spiro atoms. The lowest BCUT2D eigenvalue weighted by molar-refractivity contribution is -0.143. The van der Waals surface area contributed by atoms with Crippen molar-refractivity contribution in [1.29, 1.82) is 0 Å². The lowest BCUT2D eigenvalue weighted by Gasteiger charge is -2.34. The summed E-state index contributed by atoms with van der Waals surface area (Å²) in [5.74, 6) is -0.363. The van der Waals surface area contributed by atoms with Gasteiger partial charge in [0, 0.05) is 36.8 Å². The van der Waals surface area contributed by atoms with Crippen molar-refractivity contribution in [1.82, 2.24) is 24.4 Å². The maximum absolute atomic E-state index is 13.2. The molecule has 0 unspecified atom stereocenters. The normalized spacial score (nSPS) is 23.6. The Labute approximate surface area is 212 Å². The molecule has 9 nitrogen and oxygen atoms in total. The van der Waals surface area contributed by atoms with Crippen LogP contribution in [0.3, 0.4) is 0 Å². The lowest BCUT2D eigenvalue weighted by Crippen LogP contribution is -2.55. The van der Waals surface area contributed by atoms with Crippen LogP contribution in [0.25, 0.3) is 10.9 Å². The smallest absolute Gasteiger partial charge is 0.242 e. The summed E-state index contributed by atoms with van der Waals surface area (Å²) >= 11 is 0. The first-order valence-electron chi connectivity index (χ1n) is 13.0. The number of carbonyl (C=O) groups is 2. The van der Waals surface area contributed by atoms with Gasteiger partial charge in [-0.25, -0.2) is 8.42 Å². The van der Waals surface area contributed by atoms with Gasteiger partial charge in [0.2, 0.25) is 21.8 Å². The standard InChI is InChI=1S/C26H35N5O4S/c1-19-8-9-20-16-22(10-11-23(20)27-19)36(34,35)28-24-7-5-14-30(26(24)33)18-25(32)31-15-4-6-21(31)17-29-12-2-3-13-29/h8-11,16,21,24,28H,2-7,12-15,17-18H2,1H3/t21-,24-/m0/s1. The highest BCUT2D eigenvalue weighted by Crippen LogP contribution is 2.23. The average molecular weight is 514 g/mol. The SMILES string of the molecule is Cc1ccc2cc(S(=O)(=O)N[C@H]3CCCN(CC(=O)N4CCC[C@H]4CN4CCCC4)C3=O)ccc2n1. The molecule has 2 atom stereocenters. The monoisotopic (exact) mass is 513 g/mol. The molecule has 5 rings (SSSR count). The van der Waals surface area contributed by atoms with Gasteiger partial charge >= 0.3 is 0 Å². The Bertz CT molecular complexity index is 1240. The topological polar surface area (TPSA) is 103 Å². The van der Waals surface area contributed by atoms with E-state index >= 15 is 0 Å². The third-order valence-corrected chi connectivity index (χ3v) is 9.10. The van der Waals surface area contributed by atoms with E-state index in [2.05, 4.69) is 14.6 Å². The van der Waals surface area contributed by atoms with Crippen molar-refractivity contribution in [3.8, 4) is 0 Å². The van der Waals surface area contributed by atoms with Gasteiger partial charge in [0.05, 0.1) is 17.0 Å². The van der Waals surface area contributed by atoms with Crippen LogP contribution < -0.4 is 4.72 Å². The second kappa shape index (κ2) is 10.4. The second-order valence-electron chi connectivity index (χ2n) is 10.3. The van der Waals surface area contributed by atoms with E-state index in [-0.39, 0.29) is 29.3 Å². The number of pyridine rings is 1. The number of hydrogen-bond acceptors (Lipinski definition) is 6. The number of aromatic nitrogens is 1. The molecule has 0 bridgehead atoms. The van der Waals surface area contributed by atoms with Crippen molar-refractivity contribution in [3.63, 3.8) is 0 Å². The molecule has 3 aliphatic rings. The first-order chi connectivity index (χ1) is 17.3. The summed E-state index contributed by atoms with van der Waals surface area (Å²) in [6.45, 7) is 6.18. The molecular weight excluding hydrogens is 478 g/mol. The number of carbonyl (C=O) groups excluding carboxylic acids is 2. The molecule has 2 amide bonds. The van der Waals surface area contributed by atoms with E-state index in [0.717, 1.165) is 55.6 Å². The van der Waals surface area contributed by atoms with E-state index < -0.39 is 16.1 Å². The third-order valence-electron chi connectivity index (χ3n) is 7.63. The molecule has 0 saturated carbocycles. The first-order valence-corrected chi connectivity index (χ1v) is 14.5. The maximum Gasteiger partial charge on any atom is 0.242 e. The summed E-state index contributed by atoms with van der Waals surface area (Å²) in [7, 11) is -3.91. The van der Waals surface area contributed by atoms with Gasteiger partial charge in [0.1, 0.15) is 6.04 Å². The molecule has 2 aromatic rings. The zero-order valence-corrected chi connectivity index (χ0v) is 21.7. The number of aryl methyl sites for hydroxylation is 1. The Hall–Kier alpha value is -2.56. The molecule has 1 aromatic carbocycles. The number of rotatable bonds is 7. The molecule has 1 aromatic heterocycles. The minimum atomic E-state index is -3.91. The molecular formula is C26H35N5O4S. The average Bonchev–Trinajstić information content (AvgIpc) is 3.54. The van der Waals surface area contributed by atoms with Gasteiger partial charge in [-0.1, -0.05) is 6.07 Å². The molecule has 0 radical (unpaired) electrons. The van der Waals surface area contributed by atoms with Crippen LogP contribution in [0, 0.1) is 6.92 Å². The highest BCUT2D eigenvalue weighted by Gasteiger charge is 2.36. The predicted octanol–water partition coefficient (Wildman–Crippen LogP) is 1.90. The molecule has 10 heteroatoms. The van der Waals surface area contributed by atoms with Crippen LogP contribution in [-0.2, 0) is 19.6 Å². The van der Waals surface area contributed by atoms with Gasteiger partial charge < -0.3 is 14.7 Å². The fourth-order valence-corrected chi connectivity index (χ4v) is 6.96. The zero-order chi connectivity index (χ0) is 25.3. The summed E-state index contributed by atoms with van der Waals surface area (Å²) in [4.78, 5) is 36.8. The molecule has 4 heterocycles. The quantitative estimate of drug-likeness (QED) is 0.607. The van der Waals surface area contributed by atoms with Crippen LogP contribution in [0.2, 0.25) is 0 Å². The van der Waals surface area contributed by atoms with Crippen LogP contribution >= 0.6 is 0 Å². The maximum atomic E-state index is 13.2. The third kappa shape index (κ3) is 5.40. The van der Waals surface area contributed by atoms with Gasteiger partial charge in [-0.2, -0.15) is 4.72 Å². The van der Waals surface area contributed by atoms with Crippen LogP contribution in [-0.4, -0.2) is 91.3 Å². The summed E-state index contributed by atoms with van der Waals surface area (Å²) < 4.78 is 28.8. The molecule has 1 N–H and O–H groups in total. The number of amides is 2. The van der Waals surface area contributed by atoms with E-state index in [0.29, 0.717) is 19.4 Å². The Morgan fingerprint density at radius 2 is 1.81 bits per heavy atom. The Morgan fingerprint density at radius 3 is 2.61 bits per heavy atom. The van der Waals surface area contributed by atoms with Crippen LogP contribution in [0.1, 0.15) is 44.2 Å². The number of fused-ring (bicyclic) bond motifs is 1. The fourth-order valence-electron chi connectivity index (χ4n) is 5.71. The van der Waals surface area contributed by atoms with Gasteiger partial charge in [-0.05, 0) is 82.8 Å². The molecule has 3 aliphatic heterocycles. The number of benzene rings is 1. The molecule has 3 saturated heterocycles. The summed E-state index contributed by atoms with van der Waals surface area (Å²) in [5.41, 5.74) is 1.58. The fraction of sp³-hybridized carbons (Fsp3) is 0.577. The van der Waals surface area contributed by atoms with Crippen molar-refractivity contribution in [2.75, 3.05) is 39.3 Å². The first kappa shape index (κ1) is 25.1. The highest BCUT2D eigenvalue weighted by molar-refractivity contribution is 7.89. The van der Waals surface area contributed by atoms with Crippen LogP contribution in [0.4, 0.5) is 0 Å². The van der Waals surface area contributed by atoms with Crippen molar-refractivity contribution >= 4 is 32.7 Å². The Kier molecular flexibility index (Phi) is 7.28. The van der Waals surface area contributed by atoms with Crippen LogP contribution in [0.15, 0.2) is 35.2 Å². The van der Waals surface area contributed by atoms with Crippen molar-refractivity contribution in [3.05, 3.63) is 36.0 Å². The molecule has 36 heavy (non-hydrogen) atoms.